The zero-order valence-corrected chi connectivity index (χ0v) is 10.2. The van der Waals surface area contributed by atoms with Gasteiger partial charge in [-0.2, -0.15) is 5.10 Å². The Balaban J connectivity index is 1.98. The number of aliphatic hydroxyl groups excluding tert-OH is 1. The first-order chi connectivity index (χ1) is 8.79. The van der Waals surface area contributed by atoms with Crippen molar-refractivity contribution in [1.29, 1.82) is 0 Å². The lowest BCUT2D eigenvalue weighted by atomic mass is 10.1. The molecule has 0 spiro atoms. The minimum atomic E-state index is -0.329. The largest absolute Gasteiger partial charge is 0.394 e. The molecule has 3 N–H and O–H groups in total. The first-order valence-corrected chi connectivity index (χ1v) is 6.30. The Morgan fingerprint density at radius 1 is 1.39 bits per heavy atom. The molecule has 1 fully saturated rings. The van der Waals surface area contributed by atoms with Crippen molar-refractivity contribution in [1.82, 2.24) is 9.78 Å². The van der Waals surface area contributed by atoms with Gasteiger partial charge < -0.3 is 10.8 Å². The highest BCUT2D eigenvalue weighted by atomic mass is 16.3. The third kappa shape index (κ3) is 2.05. The van der Waals surface area contributed by atoms with Gasteiger partial charge in [0.05, 0.1) is 18.3 Å². The zero-order chi connectivity index (χ0) is 12.5. The van der Waals surface area contributed by atoms with Crippen LogP contribution in [0.25, 0.3) is 5.69 Å². The van der Waals surface area contributed by atoms with Gasteiger partial charge in [0.25, 0.3) is 0 Å². The molecule has 4 heteroatoms. The molecule has 0 radical (unpaired) electrons. The van der Waals surface area contributed by atoms with E-state index in [1.54, 1.807) is 0 Å². The van der Waals surface area contributed by atoms with E-state index in [1.165, 1.54) is 18.5 Å². The number of rotatable bonds is 4. The molecule has 1 aliphatic rings. The molecule has 1 unspecified atom stereocenters. The van der Waals surface area contributed by atoms with Crippen LogP contribution in [0.2, 0.25) is 0 Å². The maximum Gasteiger partial charge on any atom is 0.0652 e. The molecular formula is C14H17N3O. The number of nitrogens with two attached hydrogens (primary N) is 1. The van der Waals surface area contributed by atoms with Crippen LogP contribution >= 0.6 is 0 Å². The minimum Gasteiger partial charge on any atom is -0.394 e. The molecule has 18 heavy (non-hydrogen) atoms. The third-order valence-corrected chi connectivity index (χ3v) is 3.41. The third-order valence-electron chi connectivity index (χ3n) is 3.41. The number of hydrogen-bond acceptors (Lipinski definition) is 3. The molecule has 1 aliphatic carbocycles. The molecule has 1 heterocycles. The summed E-state index contributed by atoms with van der Waals surface area (Å²) >= 11 is 0. The van der Waals surface area contributed by atoms with E-state index in [9.17, 15) is 0 Å². The molecule has 1 aromatic carbocycles. The van der Waals surface area contributed by atoms with Crippen molar-refractivity contribution in [2.24, 2.45) is 5.73 Å². The second-order valence-electron chi connectivity index (χ2n) is 4.83. The fourth-order valence-corrected chi connectivity index (χ4v) is 2.21. The highest BCUT2D eigenvalue weighted by molar-refractivity contribution is 5.39. The molecule has 0 aliphatic heterocycles. The van der Waals surface area contributed by atoms with Crippen LogP contribution in [0.1, 0.15) is 36.1 Å². The van der Waals surface area contributed by atoms with Crippen molar-refractivity contribution < 1.29 is 5.11 Å². The maximum absolute atomic E-state index is 9.12. The van der Waals surface area contributed by atoms with Crippen LogP contribution in [-0.4, -0.2) is 21.5 Å². The van der Waals surface area contributed by atoms with Crippen LogP contribution in [0.4, 0.5) is 0 Å². The number of aliphatic hydroxyl groups is 1. The first kappa shape index (κ1) is 11.4. The average Bonchev–Trinajstić information content (AvgIpc) is 3.15. The predicted molar refractivity (Wildman–Crippen MR) is 69.6 cm³/mol. The smallest absolute Gasteiger partial charge is 0.0652 e. The van der Waals surface area contributed by atoms with Gasteiger partial charge in [-0.05, 0) is 36.6 Å². The average molecular weight is 243 g/mol. The Morgan fingerprint density at radius 3 is 2.94 bits per heavy atom. The molecular weight excluding hydrogens is 226 g/mol. The lowest BCUT2D eigenvalue weighted by molar-refractivity contribution is 0.268. The van der Waals surface area contributed by atoms with E-state index in [-0.39, 0.29) is 12.6 Å². The van der Waals surface area contributed by atoms with Gasteiger partial charge in [0, 0.05) is 17.8 Å². The van der Waals surface area contributed by atoms with E-state index in [1.807, 2.05) is 35.1 Å². The Hall–Kier alpha value is -1.65. The van der Waals surface area contributed by atoms with Gasteiger partial charge in [-0.1, -0.05) is 12.1 Å². The summed E-state index contributed by atoms with van der Waals surface area (Å²) in [4.78, 5) is 0. The summed E-state index contributed by atoms with van der Waals surface area (Å²) in [5.74, 6) is 0.655. The van der Waals surface area contributed by atoms with Gasteiger partial charge in [-0.3, -0.25) is 0 Å². The van der Waals surface area contributed by atoms with Gasteiger partial charge in [0.2, 0.25) is 0 Å². The molecule has 94 valence electrons. The fraction of sp³-hybridized carbons (Fsp3) is 0.357. The van der Waals surface area contributed by atoms with Gasteiger partial charge >= 0.3 is 0 Å². The predicted octanol–water partition coefficient (Wildman–Crippen LogP) is 1.74. The molecule has 2 aromatic rings. The van der Waals surface area contributed by atoms with Crippen LogP contribution in [0.5, 0.6) is 0 Å². The quantitative estimate of drug-likeness (QED) is 0.859. The van der Waals surface area contributed by atoms with Gasteiger partial charge in [-0.25, -0.2) is 4.68 Å². The van der Waals surface area contributed by atoms with Crippen molar-refractivity contribution in [3.8, 4) is 5.69 Å². The number of hydrogen-bond donors (Lipinski definition) is 2. The van der Waals surface area contributed by atoms with Crippen LogP contribution < -0.4 is 5.73 Å². The highest BCUT2D eigenvalue weighted by Crippen LogP contribution is 2.40. The Kier molecular flexibility index (Phi) is 2.89. The van der Waals surface area contributed by atoms with Crippen molar-refractivity contribution in [2.75, 3.05) is 6.61 Å². The summed E-state index contributed by atoms with van der Waals surface area (Å²) < 4.78 is 1.98. The van der Waals surface area contributed by atoms with Crippen molar-refractivity contribution >= 4 is 0 Å². The summed E-state index contributed by atoms with van der Waals surface area (Å²) in [6.45, 7) is -0.0436. The summed E-state index contributed by atoms with van der Waals surface area (Å²) in [5.41, 5.74) is 9.07. The van der Waals surface area contributed by atoms with Crippen LogP contribution in [-0.2, 0) is 0 Å². The lowest BCUT2D eigenvalue weighted by Crippen LogP contribution is -2.15. The van der Waals surface area contributed by atoms with Crippen LogP contribution in [0.15, 0.2) is 36.5 Å². The second-order valence-corrected chi connectivity index (χ2v) is 4.83. The van der Waals surface area contributed by atoms with Crippen molar-refractivity contribution in [3.05, 3.63) is 47.8 Å². The second kappa shape index (κ2) is 4.55. The summed E-state index contributed by atoms with van der Waals surface area (Å²) in [7, 11) is 0. The van der Waals surface area contributed by atoms with Crippen LogP contribution in [0.3, 0.4) is 0 Å². The lowest BCUT2D eigenvalue weighted by Gasteiger charge is -2.12. The fourth-order valence-electron chi connectivity index (χ4n) is 2.21. The number of benzene rings is 1. The topological polar surface area (TPSA) is 64.1 Å². The Morgan fingerprint density at radius 2 is 2.22 bits per heavy atom. The summed E-state index contributed by atoms with van der Waals surface area (Å²) in [5, 5.41) is 13.5. The zero-order valence-electron chi connectivity index (χ0n) is 10.2. The van der Waals surface area contributed by atoms with Crippen molar-refractivity contribution in [2.45, 2.75) is 24.8 Å². The number of nitrogens with zero attached hydrogens (tertiary/aromatic N) is 2. The number of aromatic nitrogens is 2. The van der Waals surface area contributed by atoms with Crippen LogP contribution in [0, 0.1) is 0 Å². The molecule has 0 amide bonds. The SMILES string of the molecule is NC(CO)c1cccc(-n2nccc2C2CC2)c1. The monoisotopic (exact) mass is 243 g/mol. The molecule has 3 rings (SSSR count). The molecule has 1 saturated carbocycles. The highest BCUT2D eigenvalue weighted by Gasteiger charge is 2.27. The molecule has 0 bridgehead atoms. The Bertz CT molecular complexity index is 545. The normalized spacial score (nSPS) is 16.8. The summed E-state index contributed by atoms with van der Waals surface area (Å²) in [6.07, 6.45) is 4.34. The van der Waals surface area contributed by atoms with Gasteiger partial charge in [-0.15, -0.1) is 0 Å². The standard InChI is InChI=1S/C14H17N3O/c15-13(9-18)11-2-1-3-12(8-11)17-14(6-7-16-17)10-4-5-10/h1-3,6-8,10,13,18H,4-5,9,15H2. The molecule has 4 nitrogen and oxygen atoms in total. The molecule has 0 saturated heterocycles. The van der Waals surface area contributed by atoms with E-state index in [0.717, 1.165) is 11.3 Å². The van der Waals surface area contributed by atoms with E-state index < -0.39 is 0 Å². The first-order valence-electron chi connectivity index (χ1n) is 6.30. The maximum atomic E-state index is 9.12. The summed E-state index contributed by atoms with van der Waals surface area (Å²) in [6, 6.07) is 9.66. The molecule has 1 atom stereocenters. The van der Waals surface area contributed by atoms with Crippen molar-refractivity contribution in [3.63, 3.8) is 0 Å². The van der Waals surface area contributed by atoms with Gasteiger partial charge in [0.1, 0.15) is 0 Å². The van der Waals surface area contributed by atoms with E-state index in [4.69, 9.17) is 10.8 Å². The molecule has 1 aromatic heterocycles. The van der Waals surface area contributed by atoms with E-state index in [0.29, 0.717) is 5.92 Å². The Labute approximate surface area is 106 Å². The van der Waals surface area contributed by atoms with E-state index >= 15 is 0 Å². The van der Waals surface area contributed by atoms with Gasteiger partial charge in [0.15, 0.2) is 0 Å². The minimum absolute atomic E-state index is 0.0436. The van der Waals surface area contributed by atoms with E-state index in [2.05, 4.69) is 11.2 Å².